The fourth-order valence-corrected chi connectivity index (χ4v) is 3.14. The van der Waals surface area contributed by atoms with E-state index in [1.165, 1.54) is 17.5 Å². The van der Waals surface area contributed by atoms with Crippen LogP contribution < -0.4 is 4.31 Å². The standard InChI is InChI=1S/C13H17N3O3S/c1-3-10-4-6-12(7-5-10)16(2)20(18,19)13-11(9-17)8-14-15-13/h4-8,17H,3,9H2,1-2H3,(H,14,15). The minimum atomic E-state index is -3.76. The van der Waals surface area contributed by atoms with E-state index in [1.807, 2.05) is 19.1 Å². The first-order chi connectivity index (χ1) is 9.50. The van der Waals surface area contributed by atoms with E-state index >= 15 is 0 Å². The van der Waals surface area contributed by atoms with Crippen molar-refractivity contribution in [2.45, 2.75) is 25.0 Å². The summed E-state index contributed by atoms with van der Waals surface area (Å²) in [6.45, 7) is 1.65. The van der Waals surface area contributed by atoms with Gasteiger partial charge in [0.1, 0.15) is 0 Å². The van der Waals surface area contributed by atoms with Gasteiger partial charge in [-0.25, -0.2) is 0 Å². The molecule has 6 nitrogen and oxygen atoms in total. The van der Waals surface area contributed by atoms with Crippen LogP contribution in [-0.2, 0) is 23.1 Å². The van der Waals surface area contributed by atoms with Gasteiger partial charge < -0.3 is 5.11 Å². The topological polar surface area (TPSA) is 86.3 Å². The van der Waals surface area contributed by atoms with Crippen LogP contribution >= 0.6 is 0 Å². The third kappa shape index (κ3) is 2.54. The SMILES string of the molecule is CCc1ccc(N(C)S(=O)(=O)c2[nH]ncc2CO)cc1. The number of aromatic amines is 1. The molecule has 1 aromatic heterocycles. The Bertz CT molecular complexity index is 677. The quantitative estimate of drug-likeness (QED) is 0.870. The van der Waals surface area contributed by atoms with E-state index in [1.54, 1.807) is 12.1 Å². The van der Waals surface area contributed by atoms with Crippen molar-refractivity contribution in [2.24, 2.45) is 0 Å². The van der Waals surface area contributed by atoms with Gasteiger partial charge in [-0.1, -0.05) is 19.1 Å². The second kappa shape index (κ2) is 5.64. The number of sulfonamides is 1. The van der Waals surface area contributed by atoms with Gasteiger partial charge >= 0.3 is 0 Å². The van der Waals surface area contributed by atoms with Gasteiger partial charge in [-0.15, -0.1) is 0 Å². The molecule has 0 amide bonds. The fraction of sp³-hybridized carbons (Fsp3) is 0.308. The zero-order valence-electron chi connectivity index (χ0n) is 11.4. The molecule has 7 heteroatoms. The molecule has 0 aliphatic heterocycles. The number of rotatable bonds is 5. The molecule has 0 atom stereocenters. The second-order valence-corrected chi connectivity index (χ2v) is 6.28. The molecule has 108 valence electrons. The highest BCUT2D eigenvalue weighted by Gasteiger charge is 2.26. The van der Waals surface area contributed by atoms with Gasteiger partial charge in [0.05, 0.1) is 18.5 Å². The van der Waals surface area contributed by atoms with Gasteiger partial charge in [-0.05, 0) is 24.1 Å². The van der Waals surface area contributed by atoms with Gasteiger partial charge in [0.2, 0.25) is 0 Å². The van der Waals surface area contributed by atoms with Gasteiger partial charge in [-0.3, -0.25) is 9.40 Å². The molecule has 0 spiro atoms. The predicted octanol–water partition coefficient (Wildman–Crippen LogP) is 1.29. The highest BCUT2D eigenvalue weighted by molar-refractivity contribution is 7.92. The number of aliphatic hydroxyl groups is 1. The lowest BCUT2D eigenvalue weighted by molar-refractivity contribution is 0.278. The van der Waals surface area contributed by atoms with E-state index in [-0.39, 0.29) is 17.2 Å². The Kier molecular flexibility index (Phi) is 4.10. The first-order valence-electron chi connectivity index (χ1n) is 6.21. The van der Waals surface area contributed by atoms with Gasteiger partial charge in [-0.2, -0.15) is 13.5 Å². The lowest BCUT2D eigenvalue weighted by atomic mass is 10.1. The second-order valence-electron chi connectivity index (χ2n) is 4.38. The van der Waals surface area contributed by atoms with Crippen molar-refractivity contribution < 1.29 is 13.5 Å². The number of anilines is 1. The van der Waals surface area contributed by atoms with Crippen LogP contribution in [0.15, 0.2) is 35.5 Å². The molecule has 2 rings (SSSR count). The minimum absolute atomic E-state index is 0.0814. The first kappa shape index (κ1) is 14.5. The molecule has 0 fully saturated rings. The number of aryl methyl sites for hydroxylation is 1. The van der Waals surface area contributed by atoms with Crippen LogP contribution in [0.3, 0.4) is 0 Å². The summed E-state index contributed by atoms with van der Waals surface area (Å²) in [5.74, 6) is 0. The van der Waals surface area contributed by atoms with E-state index in [0.717, 1.165) is 12.0 Å². The Balaban J connectivity index is 2.38. The lowest BCUT2D eigenvalue weighted by Gasteiger charge is -2.19. The van der Waals surface area contributed by atoms with Crippen LogP contribution in [0.1, 0.15) is 18.1 Å². The van der Waals surface area contributed by atoms with Crippen molar-refractivity contribution in [3.8, 4) is 0 Å². The first-order valence-corrected chi connectivity index (χ1v) is 7.65. The van der Waals surface area contributed by atoms with E-state index in [9.17, 15) is 8.42 Å². The summed E-state index contributed by atoms with van der Waals surface area (Å²) in [4.78, 5) is 0. The van der Waals surface area contributed by atoms with Gasteiger partial charge in [0.15, 0.2) is 5.03 Å². The molecule has 0 aliphatic carbocycles. The Morgan fingerprint density at radius 1 is 1.30 bits per heavy atom. The molecule has 0 saturated carbocycles. The lowest BCUT2D eigenvalue weighted by Crippen LogP contribution is -2.27. The molecule has 0 radical (unpaired) electrons. The molecule has 0 aliphatic rings. The minimum Gasteiger partial charge on any atom is -0.392 e. The summed E-state index contributed by atoms with van der Waals surface area (Å²) in [6.07, 6.45) is 2.20. The Hall–Kier alpha value is -1.86. The van der Waals surface area contributed by atoms with Crippen LogP contribution in [0.4, 0.5) is 5.69 Å². The van der Waals surface area contributed by atoms with Crippen molar-refractivity contribution in [1.82, 2.24) is 10.2 Å². The van der Waals surface area contributed by atoms with Crippen LogP contribution in [0.5, 0.6) is 0 Å². The molecule has 2 aromatic rings. The maximum atomic E-state index is 12.5. The maximum Gasteiger partial charge on any atom is 0.281 e. The number of hydrogen-bond donors (Lipinski definition) is 2. The summed E-state index contributed by atoms with van der Waals surface area (Å²) in [7, 11) is -2.29. The molecule has 0 unspecified atom stereocenters. The predicted molar refractivity (Wildman–Crippen MR) is 75.9 cm³/mol. The van der Waals surface area contributed by atoms with E-state index < -0.39 is 10.0 Å². The molecule has 20 heavy (non-hydrogen) atoms. The summed E-state index contributed by atoms with van der Waals surface area (Å²) in [6, 6.07) is 7.29. The Labute approximate surface area is 118 Å². The zero-order valence-corrected chi connectivity index (χ0v) is 12.2. The molecule has 2 N–H and O–H groups in total. The van der Waals surface area contributed by atoms with E-state index in [2.05, 4.69) is 10.2 Å². The third-order valence-electron chi connectivity index (χ3n) is 3.18. The summed E-state index contributed by atoms with van der Waals surface area (Å²) < 4.78 is 26.1. The number of benzene rings is 1. The molecule has 0 bridgehead atoms. The van der Waals surface area contributed by atoms with Crippen molar-refractivity contribution in [3.63, 3.8) is 0 Å². The zero-order chi connectivity index (χ0) is 14.8. The van der Waals surface area contributed by atoms with E-state index in [4.69, 9.17) is 5.11 Å². The summed E-state index contributed by atoms with van der Waals surface area (Å²) in [5, 5.41) is 15.2. The van der Waals surface area contributed by atoms with Crippen molar-refractivity contribution in [3.05, 3.63) is 41.6 Å². The summed E-state index contributed by atoms with van der Waals surface area (Å²) in [5.41, 5.74) is 1.94. The molecular weight excluding hydrogens is 278 g/mol. The molecule has 1 heterocycles. The molecule has 1 aromatic carbocycles. The van der Waals surface area contributed by atoms with Gasteiger partial charge in [0.25, 0.3) is 10.0 Å². The van der Waals surface area contributed by atoms with Crippen LogP contribution in [0.2, 0.25) is 0 Å². The highest BCUT2D eigenvalue weighted by Crippen LogP contribution is 2.23. The number of aliphatic hydroxyl groups excluding tert-OH is 1. The summed E-state index contributed by atoms with van der Waals surface area (Å²) >= 11 is 0. The molecular formula is C13H17N3O3S. The number of aromatic nitrogens is 2. The normalized spacial score (nSPS) is 11.6. The maximum absolute atomic E-state index is 12.5. The van der Waals surface area contributed by atoms with E-state index in [0.29, 0.717) is 5.69 Å². The van der Waals surface area contributed by atoms with Crippen molar-refractivity contribution in [1.29, 1.82) is 0 Å². The Morgan fingerprint density at radius 3 is 2.50 bits per heavy atom. The smallest absolute Gasteiger partial charge is 0.281 e. The average molecular weight is 295 g/mol. The highest BCUT2D eigenvalue weighted by atomic mass is 32.2. The van der Waals surface area contributed by atoms with Crippen molar-refractivity contribution in [2.75, 3.05) is 11.4 Å². The van der Waals surface area contributed by atoms with Gasteiger partial charge in [0, 0.05) is 12.6 Å². The molecule has 0 saturated heterocycles. The Morgan fingerprint density at radius 2 is 1.95 bits per heavy atom. The largest absolute Gasteiger partial charge is 0.392 e. The number of nitrogens with zero attached hydrogens (tertiary/aromatic N) is 2. The van der Waals surface area contributed by atoms with Crippen LogP contribution in [-0.4, -0.2) is 30.8 Å². The number of hydrogen-bond acceptors (Lipinski definition) is 4. The monoisotopic (exact) mass is 295 g/mol. The fourth-order valence-electron chi connectivity index (χ4n) is 1.85. The number of nitrogens with one attached hydrogen (secondary N) is 1. The van der Waals surface area contributed by atoms with Crippen LogP contribution in [0, 0.1) is 0 Å². The number of H-pyrrole nitrogens is 1. The van der Waals surface area contributed by atoms with Crippen molar-refractivity contribution >= 4 is 15.7 Å². The average Bonchev–Trinajstić information content (AvgIpc) is 2.95. The van der Waals surface area contributed by atoms with Crippen LogP contribution in [0.25, 0.3) is 0 Å². The third-order valence-corrected chi connectivity index (χ3v) is 4.98.